The number of alkyl halides is 3. The van der Waals surface area contributed by atoms with Crippen molar-refractivity contribution in [3.8, 4) is 0 Å². The highest BCUT2D eigenvalue weighted by Crippen LogP contribution is 2.28. The first kappa shape index (κ1) is 31.1. The van der Waals surface area contributed by atoms with Gasteiger partial charge in [-0.2, -0.15) is 13.2 Å². The predicted molar refractivity (Wildman–Crippen MR) is 137 cm³/mol. The minimum atomic E-state index is -5.08. The van der Waals surface area contributed by atoms with Gasteiger partial charge in [0.1, 0.15) is 5.82 Å². The molecule has 0 aliphatic rings. The second-order valence-corrected chi connectivity index (χ2v) is 9.84. The van der Waals surface area contributed by atoms with Crippen LogP contribution in [0.3, 0.4) is 0 Å². The molecule has 0 radical (unpaired) electrons. The molecule has 0 unspecified atom stereocenters. The molecule has 0 heterocycles. The summed E-state index contributed by atoms with van der Waals surface area (Å²) in [5, 5.41) is 17.0. The van der Waals surface area contributed by atoms with E-state index in [4.69, 9.17) is 9.90 Å². The Hall–Kier alpha value is -4.13. The molecule has 39 heavy (non-hydrogen) atoms. The summed E-state index contributed by atoms with van der Waals surface area (Å²) in [5.41, 5.74) is 1.67. The van der Waals surface area contributed by atoms with Crippen molar-refractivity contribution >= 4 is 33.3 Å². The number of aliphatic carboxylic acids is 1. The number of unbranched alkanes of at least 4 members (excludes halogenated alkanes) is 1. The molecule has 0 aromatic heterocycles. The molecule has 0 aliphatic carbocycles. The summed E-state index contributed by atoms with van der Waals surface area (Å²) in [6.07, 6.45) is -3.26. The Morgan fingerprint density at radius 1 is 0.949 bits per heavy atom. The van der Waals surface area contributed by atoms with Crippen LogP contribution in [0.2, 0.25) is 0 Å². The van der Waals surface area contributed by atoms with Crippen LogP contribution < -0.4 is 9.62 Å². The van der Waals surface area contributed by atoms with Crippen molar-refractivity contribution in [2.24, 2.45) is 0 Å². The zero-order chi connectivity index (χ0) is 29.2. The number of halogens is 4. The third-order valence-electron chi connectivity index (χ3n) is 5.18. The van der Waals surface area contributed by atoms with Gasteiger partial charge in [0.2, 0.25) is 0 Å². The molecule has 3 N–H and O–H groups in total. The van der Waals surface area contributed by atoms with Crippen molar-refractivity contribution in [1.29, 1.82) is 0 Å². The van der Waals surface area contributed by atoms with E-state index in [-0.39, 0.29) is 16.1 Å². The number of hydrogen-bond acceptors (Lipinski definition) is 5. The highest BCUT2D eigenvalue weighted by atomic mass is 32.2. The summed E-state index contributed by atoms with van der Waals surface area (Å²) in [7, 11) is -3.99. The van der Waals surface area contributed by atoms with Crippen molar-refractivity contribution in [2.45, 2.75) is 37.4 Å². The van der Waals surface area contributed by atoms with Gasteiger partial charge in [-0.15, -0.1) is 0 Å². The molecule has 0 spiro atoms. The van der Waals surface area contributed by atoms with Gasteiger partial charge in [-0.3, -0.25) is 4.72 Å². The number of hydrogen-bond donors (Lipinski definition) is 3. The van der Waals surface area contributed by atoms with Crippen LogP contribution in [-0.4, -0.2) is 43.3 Å². The standard InChI is InChI=1S/C24H25FN2O4S.C2HF3O2/c1-2-3-15-27(17-18-7-5-4-6-8-18)23-14-11-20(16-22(23)24(28)29)26-32(30,31)21-12-9-19(25)10-13-21;3-2(4,5)1(6)7/h4-14,16,26H,2-3,15,17H2,1H3,(H,28,29);(H,6,7). The Morgan fingerprint density at radius 2 is 1.54 bits per heavy atom. The van der Waals surface area contributed by atoms with E-state index >= 15 is 0 Å². The van der Waals surface area contributed by atoms with Gasteiger partial charge < -0.3 is 15.1 Å². The minimum Gasteiger partial charge on any atom is -0.478 e. The van der Waals surface area contributed by atoms with Gasteiger partial charge in [-0.1, -0.05) is 43.7 Å². The van der Waals surface area contributed by atoms with Crippen LogP contribution in [0.4, 0.5) is 28.9 Å². The summed E-state index contributed by atoms with van der Waals surface area (Å²) in [5.74, 6) is -4.46. The number of carboxylic acids is 2. The van der Waals surface area contributed by atoms with Gasteiger partial charge in [0, 0.05) is 18.8 Å². The largest absolute Gasteiger partial charge is 0.490 e. The maximum atomic E-state index is 13.1. The van der Waals surface area contributed by atoms with Gasteiger partial charge >= 0.3 is 18.1 Å². The molecule has 13 heteroatoms. The number of nitrogens with one attached hydrogen (secondary N) is 1. The lowest BCUT2D eigenvalue weighted by atomic mass is 10.1. The maximum absolute atomic E-state index is 13.1. The summed E-state index contributed by atoms with van der Waals surface area (Å²) in [6, 6.07) is 18.6. The molecule has 0 fully saturated rings. The highest BCUT2D eigenvalue weighted by molar-refractivity contribution is 7.92. The third-order valence-corrected chi connectivity index (χ3v) is 6.58. The quantitative estimate of drug-likeness (QED) is 0.265. The number of carboxylic acid groups (broad SMARTS) is 2. The molecular formula is C26H26F4N2O6S. The Bertz CT molecular complexity index is 1370. The SMILES string of the molecule is CCCCN(Cc1ccccc1)c1ccc(NS(=O)(=O)c2ccc(F)cc2)cc1C(=O)O.O=C(O)C(F)(F)F. The van der Waals surface area contributed by atoms with Crippen molar-refractivity contribution in [3.05, 3.63) is 89.7 Å². The Labute approximate surface area is 222 Å². The van der Waals surface area contributed by atoms with E-state index in [9.17, 15) is 35.9 Å². The van der Waals surface area contributed by atoms with Gasteiger partial charge in [0.05, 0.1) is 16.1 Å². The second kappa shape index (κ2) is 13.6. The topological polar surface area (TPSA) is 124 Å². The first-order chi connectivity index (χ1) is 18.2. The van der Waals surface area contributed by atoms with Crippen molar-refractivity contribution in [2.75, 3.05) is 16.2 Å². The molecule has 210 valence electrons. The minimum absolute atomic E-state index is 0.00339. The van der Waals surface area contributed by atoms with E-state index in [0.29, 0.717) is 18.8 Å². The Morgan fingerprint density at radius 3 is 2.05 bits per heavy atom. The van der Waals surface area contributed by atoms with Crippen molar-refractivity contribution in [1.82, 2.24) is 0 Å². The molecule has 0 amide bonds. The van der Waals surface area contributed by atoms with Crippen LogP contribution in [0.1, 0.15) is 35.7 Å². The smallest absolute Gasteiger partial charge is 0.478 e. The fourth-order valence-electron chi connectivity index (χ4n) is 3.31. The van der Waals surface area contributed by atoms with Crippen LogP contribution in [0.15, 0.2) is 77.7 Å². The van der Waals surface area contributed by atoms with Gasteiger partial charge in [-0.25, -0.2) is 22.4 Å². The van der Waals surface area contributed by atoms with Gasteiger partial charge in [0.15, 0.2) is 0 Å². The summed E-state index contributed by atoms with van der Waals surface area (Å²) < 4.78 is 72.4. The Balaban J connectivity index is 0.000000673. The normalized spacial score (nSPS) is 11.2. The third kappa shape index (κ3) is 9.60. The molecular weight excluding hydrogens is 544 g/mol. The van der Waals surface area contributed by atoms with Crippen LogP contribution in [-0.2, 0) is 21.4 Å². The molecule has 3 rings (SSSR count). The number of sulfonamides is 1. The number of nitrogens with zero attached hydrogens (tertiary/aromatic N) is 1. The average molecular weight is 571 g/mol. The first-order valence-corrected chi connectivity index (χ1v) is 13.0. The zero-order valence-electron chi connectivity index (χ0n) is 20.7. The second-order valence-electron chi connectivity index (χ2n) is 8.16. The van der Waals surface area contributed by atoms with Crippen LogP contribution in [0.25, 0.3) is 0 Å². The average Bonchev–Trinajstić information content (AvgIpc) is 2.87. The van der Waals surface area contributed by atoms with Crippen molar-refractivity contribution in [3.63, 3.8) is 0 Å². The lowest BCUT2D eigenvalue weighted by Gasteiger charge is -2.27. The molecule has 3 aromatic rings. The lowest BCUT2D eigenvalue weighted by molar-refractivity contribution is -0.192. The van der Waals surface area contributed by atoms with E-state index in [1.807, 2.05) is 35.2 Å². The maximum Gasteiger partial charge on any atom is 0.490 e. The number of carbonyl (C=O) groups is 2. The van der Waals surface area contributed by atoms with Crippen molar-refractivity contribution < 1.29 is 45.8 Å². The van der Waals surface area contributed by atoms with Crippen LogP contribution in [0, 0.1) is 5.82 Å². The van der Waals surface area contributed by atoms with Crippen LogP contribution in [0.5, 0.6) is 0 Å². The van der Waals surface area contributed by atoms with E-state index in [2.05, 4.69) is 11.6 Å². The van der Waals surface area contributed by atoms with Gasteiger partial charge in [-0.05, 0) is 54.4 Å². The molecule has 0 saturated heterocycles. The number of aromatic carboxylic acids is 1. The molecule has 3 aromatic carbocycles. The van der Waals surface area contributed by atoms with E-state index < -0.39 is 34.0 Å². The number of anilines is 2. The fraction of sp³-hybridized carbons (Fsp3) is 0.231. The predicted octanol–water partition coefficient (Wildman–Crippen LogP) is 5.76. The highest BCUT2D eigenvalue weighted by Gasteiger charge is 2.38. The van der Waals surface area contributed by atoms with Crippen LogP contribution >= 0.6 is 0 Å². The van der Waals surface area contributed by atoms with E-state index in [1.54, 1.807) is 6.07 Å². The summed E-state index contributed by atoms with van der Waals surface area (Å²) in [6.45, 7) is 3.25. The molecule has 8 nitrogen and oxygen atoms in total. The molecule has 0 saturated carbocycles. The number of rotatable bonds is 10. The summed E-state index contributed by atoms with van der Waals surface area (Å²) >= 11 is 0. The fourth-order valence-corrected chi connectivity index (χ4v) is 4.36. The monoisotopic (exact) mass is 570 g/mol. The summed E-state index contributed by atoms with van der Waals surface area (Å²) in [4.78, 5) is 22.8. The molecule has 0 atom stereocenters. The van der Waals surface area contributed by atoms with E-state index in [0.717, 1.165) is 42.7 Å². The zero-order valence-corrected chi connectivity index (χ0v) is 21.5. The number of benzene rings is 3. The molecule has 0 bridgehead atoms. The first-order valence-electron chi connectivity index (χ1n) is 11.5. The lowest BCUT2D eigenvalue weighted by Crippen LogP contribution is -2.26. The molecule has 0 aliphatic heterocycles. The Kier molecular flexibility index (Phi) is 10.8. The van der Waals surface area contributed by atoms with Gasteiger partial charge in [0.25, 0.3) is 10.0 Å². The van der Waals surface area contributed by atoms with E-state index in [1.165, 1.54) is 12.1 Å².